The molecule has 162 valence electrons. The number of carbonyl (C=O) groups excluding carboxylic acids is 2. The predicted molar refractivity (Wildman–Crippen MR) is 119 cm³/mol. The second-order valence-corrected chi connectivity index (χ2v) is 8.12. The lowest BCUT2D eigenvalue weighted by Crippen LogP contribution is -2.29. The fourth-order valence-electron chi connectivity index (χ4n) is 3.13. The maximum absolute atomic E-state index is 13.8. The number of benzene rings is 2. The molecule has 0 unspecified atom stereocenters. The lowest BCUT2D eigenvalue weighted by Gasteiger charge is -2.14. The number of aryl methyl sites for hydroxylation is 2. The molecule has 2 aromatic carbocycles. The Balaban J connectivity index is 1.61. The number of halogens is 1. The van der Waals surface area contributed by atoms with Gasteiger partial charge in [0.05, 0.1) is 17.4 Å². The molecule has 2 N–H and O–H groups in total. The molecule has 0 aliphatic heterocycles. The molecular weight excluding hydrogens is 417 g/mol. The second-order valence-electron chi connectivity index (χ2n) is 7.18. The van der Waals surface area contributed by atoms with Crippen molar-refractivity contribution in [2.45, 2.75) is 32.0 Å². The van der Waals surface area contributed by atoms with Crippen LogP contribution in [-0.2, 0) is 11.8 Å². The van der Waals surface area contributed by atoms with Crippen LogP contribution in [0.4, 0.5) is 10.1 Å². The van der Waals surface area contributed by atoms with Crippen molar-refractivity contribution in [3.05, 3.63) is 70.8 Å². The Morgan fingerprint density at radius 1 is 1.10 bits per heavy atom. The highest BCUT2D eigenvalue weighted by Gasteiger charge is 2.20. The zero-order valence-corrected chi connectivity index (χ0v) is 18.6. The SMILES string of the molecule is Cc1cccc(C)c1NC(=O)CSc1nnc([C@@H](C)NC(=O)c2ccccc2F)n1C. The molecule has 0 radical (unpaired) electrons. The van der Waals surface area contributed by atoms with Crippen LogP contribution in [0.15, 0.2) is 47.6 Å². The maximum Gasteiger partial charge on any atom is 0.254 e. The molecule has 0 aliphatic rings. The minimum atomic E-state index is -0.587. The second kappa shape index (κ2) is 9.74. The van der Waals surface area contributed by atoms with Gasteiger partial charge in [-0.3, -0.25) is 9.59 Å². The first kappa shape index (κ1) is 22.5. The van der Waals surface area contributed by atoms with Crippen molar-refractivity contribution in [2.24, 2.45) is 7.05 Å². The standard InChI is InChI=1S/C22H24FN5O2S/c1-13-8-7-9-14(2)19(13)25-18(29)12-31-22-27-26-20(28(22)4)15(3)24-21(30)16-10-5-6-11-17(16)23/h5-11,15H,12H2,1-4H3,(H,24,30)(H,25,29)/t15-/m1/s1. The average molecular weight is 442 g/mol. The van der Waals surface area contributed by atoms with E-state index < -0.39 is 17.8 Å². The lowest BCUT2D eigenvalue weighted by atomic mass is 10.1. The summed E-state index contributed by atoms with van der Waals surface area (Å²) in [5.41, 5.74) is 2.78. The van der Waals surface area contributed by atoms with Gasteiger partial charge in [0.15, 0.2) is 11.0 Å². The van der Waals surface area contributed by atoms with Gasteiger partial charge in [0, 0.05) is 12.7 Å². The van der Waals surface area contributed by atoms with Crippen LogP contribution in [0.25, 0.3) is 0 Å². The molecule has 3 aromatic rings. The van der Waals surface area contributed by atoms with E-state index in [2.05, 4.69) is 20.8 Å². The topological polar surface area (TPSA) is 88.9 Å². The summed E-state index contributed by atoms with van der Waals surface area (Å²) in [4.78, 5) is 24.7. The molecule has 0 saturated heterocycles. The van der Waals surface area contributed by atoms with Gasteiger partial charge in [0.2, 0.25) is 5.91 Å². The summed E-state index contributed by atoms with van der Waals surface area (Å²) in [6.45, 7) is 5.63. The number of amides is 2. The summed E-state index contributed by atoms with van der Waals surface area (Å²) >= 11 is 1.25. The molecule has 1 aromatic heterocycles. The number of hydrogen-bond acceptors (Lipinski definition) is 5. The van der Waals surface area contributed by atoms with Crippen molar-refractivity contribution in [3.8, 4) is 0 Å². The van der Waals surface area contributed by atoms with Crippen LogP contribution in [-0.4, -0.2) is 32.3 Å². The van der Waals surface area contributed by atoms with Gasteiger partial charge in [-0.05, 0) is 44.0 Å². The van der Waals surface area contributed by atoms with Crippen molar-refractivity contribution in [2.75, 3.05) is 11.1 Å². The van der Waals surface area contributed by atoms with Crippen LogP contribution >= 0.6 is 11.8 Å². The molecule has 31 heavy (non-hydrogen) atoms. The van der Waals surface area contributed by atoms with Gasteiger partial charge in [-0.25, -0.2) is 4.39 Å². The van der Waals surface area contributed by atoms with Gasteiger partial charge in [-0.15, -0.1) is 10.2 Å². The van der Waals surface area contributed by atoms with Crippen LogP contribution in [0.1, 0.15) is 40.3 Å². The molecule has 9 heteroatoms. The number of nitrogens with zero attached hydrogens (tertiary/aromatic N) is 3. The Morgan fingerprint density at radius 3 is 2.45 bits per heavy atom. The Hall–Kier alpha value is -3.20. The van der Waals surface area contributed by atoms with E-state index in [1.807, 2.05) is 32.0 Å². The number of anilines is 1. The Bertz CT molecular complexity index is 1090. The van der Waals surface area contributed by atoms with E-state index in [4.69, 9.17) is 0 Å². The quantitative estimate of drug-likeness (QED) is 0.545. The lowest BCUT2D eigenvalue weighted by molar-refractivity contribution is -0.113. The number of aromatic nitrogens is 3. The largest absolute Gasteiger partial charge is 0.342 e. The molecular formula is C22H24FN5O2S. The van der Waals surface area contributed by atoms with Crippen molar-refractivity contribution in [1.29, 1.82) is 0 Å². The minimum Gasteiger partial charge on any atom is -0.342 e. The summed E-state index contributed by atoms with van der Waals surface area (Å²) in [5, 5.41) is 14.5. The van der Waals surface area contributed by atoms with E-state index >= 15 is 0 Å². The number of hydrogen-bond donors (Lipinski definition) is 2. The van der Waals surface area contributed by atoms with Gasteiger partial charge >= 0.3 is 0 Å². The van der Waals surface area contributed by atoms with Gasteiger partial charge in [-0.2, -0.15) is 0 Å². The van der Waals surface area contributed by atoms with Crippen molar-refractivity contribution in [1.82, 2.24) is 20.1 Å². The molecule has 7 nitrogen and oxygen atoms in total. The Labute approximate surface area is 184 Å². The van der Waals surface area contributed by atoms with Gasteiger partial charge in [0.1, 0.15) is 5.82 Å². The van der Waals surface area contributed by atoms with E-state index in [-0.39, 0.29) is 17.2 Å². The first-order valence-corrected chi connectivity index (χ1v) is 10.7. The molecule has 0 aliphatic carbocycles. The zero-order chi connectivity index (χ0) is 22.5. The van der Waals surface area contributed by atoms with Crippen LogP contribution in [0.3, 0.4) is 0 Å². The smallest absolute Gasteiger partial charge is 0.254 e. The van der Waals surface area contributed by atoms with E-state index in [1.54, 1.807) is 24.6 Å². The van der Waals surface area contributed by atoms with Crippen molar-refractivity contribution < 1.29 is 14.0 Å². The molecule has 2 amide bonds. The summed E-state index contributed by atoms with van der Waals surface area (Å²) in [5.74, 6) is -0.599. The molecule has 1 heterocycles. The van der Waals surface area contributed by atoms with E-state index in [9.17, 15) is 14.0 Å². The van der Waals surface area contributed by atoms with Crippen molar-refractivity contribution in [3.63, 3.8) is 0 Å². The average Bonchev–Trinajstić information content (AvgIpc) is 3.10. The molecule has 3 rings (SSSR count). The number of thioether (sulfide) groups is 1. The van der Waals surface area contributed by atoms with Crippen LogP contribution < -0.4 is 10.6 Å². The zero-order valence-electron chi connectivity index (χ0n) is 17.8. The molecule has 1 atom stereocenters. The minimum absolute atomic E-state index is 0.0331. The normalized spacial score (nSPS) is 11.8. The van der Waals surface area contributed by atoms with E-state index in [0.717, 1.165) is 16.8 Å². The van der Waals surface area contributed by atoms with Gasteiger partial charge < -0.3 is 15.2 Å². The third-order valence-electron chi connectivity index (χ3n) is 4.80. The van der Waals surface area contributed by atoms with Crippen LogP contribution in [0, 0.1) is 19.7 Å². The monoisotopic (exact) mass is 441 g/mol. The fraction of sp³-hybridized carbons (Fsp3) is 0.273. The highest BCUT2D eigenvalue weighted by molar-refractivity contribution is 7.99. The van der Waals surface area contributed by atoms with Gasteiger partial charge in [-0.1, -0.05) is 42.1 Å². The summed E-state index contributed by atoms with van der Waals surface area (Å²) in [6, 6.07) is 11.1. The maximum atomic E-state index is 13.8. The molecule has 0 bridgehead atoms. The highest BCUT2D eigenvalue weighted by Crippen LogP contribution is 2.22. The summed E-state index contributed by atoms with van der Waals surface area (Å²) in [7, 11) is 1.76. The predicted octanol–water partition coefficient (Wildman–Crippen LogP) is 3.79. The molecule has 0 saturated carbocycles. The number of para-hydroxylation sites is 1. The number of carbonyl (C=O) groups is 2. The first-order chi connectivity index (χ1) is 14.8. The highest BCUT2D eigenvalue weighted by atomic mass is 32.2. The van der Waals surface area contributed by atoms with Crippen LogP contribution in [0.5, 0.6) is 0 Å². The fourth-order valence-corrected chi connectivity index (χ4v) is 3.85. The third kappa shape index (κ3) is 5.29. The number of nitrogens with one attached hydrogen (secondary N) is 2. The molecule has 0 spiro atoms. The van der Waals surface area contributed by atoms with Crippen molar-refractivity contribution >= 4 is 29.3 Å². The third-order valence-corrected chi connectivity index (χ3v) is 5.82. The summed E-state index contributed by atoms with van der Waals surface area (Å²) < 4.78 is 15.5. The number of rotatable bonds is 7. The molecule has 0 fully saturated rings. The first-order valence-electron chi connectivity index (χ1n) is 9.71. The Kier molecular flexibility index (Phi) is 7.06. The summed E-state index contributed by atoms with van der Waals surface area (Å²) in [6.07, 6.45) is 0. The van der Waals surface area contributed by atoms with Gasteiger partial charge in [0.25, 0.3) is 5.91 Å². The van der Waals surface area contributed by atoms with E-state index in [1.165, 1.54) is 30.0 Å². The Morgan fingerprint density at radius 2 is 1.77 bits per heavy atom. The van der Waals surface area contributed by atoms with Crippen LogP contribution in [0.2, 0.25) is 0 Å². The van der Waals surface area contributed by atoms with E-state index in [0.29, 0.717) is 11.0 Å².